The molecule has 0 aliphatic carbocycles. The number of carbonyl (C=O) groups is 1. The van der Waals surface area contributed by atoms with Gasteiger partial charge in [-0.05, 0) is 13.3 Å². The molecule has 0 amide bonds. The quantitative estimate of drug-likeness (QED) is 0.795. The van der Waals surface area contributed by atoms with Gasteiger partial charge in [0.05, 0.1) is 0 Å². The van der Waals surface area contributed by atoms with Crippen molar-refractivity contribution >= 4 is 11.8 Å². The van der Waals surface area contributed by atoms with E-state index in [1.54, 1.807) is 14.0 Å². The van der Waals surface area contributed by atoms with Crippen LogP contribution in [0, 0.1) is 0 Å². The summed E-state index contributed by atoms with van der Waals surface area (Å²) >= 11 is 0. The first-order chi connectivity index (χ1) is 7.90. The molecule has 17 heavy (non-hydrogen) atoms. The van der Waals surface area contributed by atoms with Crippen LogP contribution in [0.3, 0.4) is 0 Å². The third kappa shape index (κ3) is 2.83. The molecule has 0 saturated carbocycles. The summed E-state index contributed by atoms with van der Waals surface area (Å²) < 4.78 is 1.35. The smallest absolute Gasteiger partial charge is 0.329 e. The standard InChI is InChI=1S/C11H17N3O3/c1-4-5-11(2,10(16)17)13-8-9(15)14(3)7-6-12-8/h6-7H,4-5H2,1-3H3,(H,12,13)(H,16,17). The number of aryl methyl sites for hydroxylation is 1. The number of nitrogens with zero attached hydrogens (tertiary/aromatic N) is 2. The van der Waals surface area contributed by atoms with Crippen molar-refractivity contribution in [1.29, 1.82) is 0 Å². The van der Waals surface area contributed by atoms with Crippen molar-refractivity contribution in [2.45, 2.75) is 32.2 Å². The number of hydrogen-bond acceptors (Lipinski definition) is 4. The predicted molar refractivity (Wildman–Crippen MR) is 64.0 cm³/mol. The number of carboxylic acids is 1. The molecular weight excluding hydrogens is 222 g/mol. The zero-order chi connectivity index (χ0) is 13.1. The van der Waals surface area contributed by atoms with Crippen LogP contribution < -0.4 is 10.9 Å². The molecule has 0 aliphatic rings. The monoisotopic (exact) mass is 239 g/mol. The Bertz CT molecular complexity index is 469. The summed E-state index contributed by atoms with van der Waals surface area (Å²) in [6.45, 7) is 3.44. The average Bonchev–Trinajstić information content (AvgIpc) is 2.25. The third-order valence-corrected chi connectivity index (χ3v) is 2.63. The van der Waals surface area contributed by atoms with E-state index in [0.29, 0.717) is 12.8 Å². The molecular formula is C11H17N3O3. The van der Waals surface area contributed by atoms with E-state index in [0.717, 1.165) is 0 Å². The topological polar surface area (TPSA) is 84.2 Å². The highest BCUT2D eigenvalue weighted by Gasteiger charge is 2.33. The number of rotatable bonds is 5. The molecule has 1 unspecified atom stereocenters. The predicted octanol–water partition coefficient (Wildman–Crippen LogP) is 0.836. The molecule has 1 rings (SSSR count). The second-order valence-electron chi connectivity index (χ2n) is 4.20. The van der Waals surface area contributed by atoms with Gasteiger partial charge in [0.1, 0.15) is 5.54 Å². The molecule has 6 nitrogen and oxygen atoms in total. The molecule has 1 heterocycles. The normalized spacial score (nSPS) is 14.1. The van der Waals surface area contributed by atoms with E-state index in [2.05, 4.69) is 10.3 Å². The van der Waals surface area contributed by atoms with Gasteiger partial charge >= 0.3 is 5.97 Å². The van der Waals surface area contributed by atoms with E-state index < -0.39 is 11.5 Å². The van der Waals surface area contributed by atoms with Crippen molar-refractivity contribution in [2.75, 3.05) is 5.32 Å². The Morgan fingerprint density at radius 1 is 1.65 bits per heavy atom. The summed E-state index contributed by atoms with van der Waals surface area (Å²) in [5, 5.41) is 11.9. The van der Waals surface area contributed by atoms with Crippen LogP contribution >= 0.6 is 0 Å². The number of aliphatic carboxylic acids is 1. The highest BCUT2D eigenvalue weighted by atomic mass is 16.4. The van der Waals surface area contributed by atoms with Crippen molar-refractivity contribution in [1.82, 2.24) is 9.55 Å². The number of anilines is 1. The fraction of sp³-hybridized carbons (Fsp3) is 0.545. The lowest BCUT2D eigenvalue weighted by atomic mass is 9.96. The fourth-order valence-corrected chi connectivity index (χ4v) is 1.57. The van der Waals surface area contributed by atoms with Crippen LogP contribution in [0.4, 0.5) is 5.82 Å². The minimum absolute atomic E-state index is 0.0633. The Morgan fingerprint density at radius 3 is 2.82 bits per heavy atom. The van der Waals surface area contributed by atoms with Crippen molar-refractivity contribution in [3.8, 4) is 0 Å². The highest BCUT2D eigenvalue weighted by Crippen LogP contribution is 2.17. The van der Waals surface area contributed by atoms with E-state index in [9.17, 15) is 14.7 Å². The first-order valence-corrected chi connectivity index (χ1v) is 5.44. The zero-order valence-electron chi connectivity index (χ0n) is 10.2. The molecule has 1 aromatic heterocycles. The number of carboxylic acid groups (broad SMARTS) is 1. The molecule has 6 heteroatoms. The first kappa shape index (κ1) is 13.2. The van der Waals surface area contributed by atoms with E-state index in [1.807, 2.05) is 6.92 Å². The summed E-state index contributed by atoms with van der Waals surface area (Å²) in [5.41, 5.74) is -1.51. The number of hydrogen-bond donors (Lipinski definition) is 2. The zero-order valence-corrected chi connectivity index (χ0v) is 10.2. The Balaban J connectivity index is 3.06. The van der Waals surface area contributed by atoms with Crippen molar-refractivity contribution in [2.24, 2.45) is 7.05 Å². The Labute approximate surface area is 99.3 Å². The molecule has 0 spiro atoms. The number of nitrogens with one attached hydrogen (secondary N) is 1. The second kappa shape index (κ2) is 4.99. The van der Waals surface area contributed by atoms with Crippen molar-refractivity contribution in [3.63, 3.8) is 0 Å². The molecule has 1 atom stereocenters. The summed E-state index contributed by atoms with van der Waals surface area (Å²) in [7, 11) is 1.59. The van der Waals surface area contributed by atoms with Gasteiger partial charge in [0, 0.05) is 19.4 Å². The van der Waals surface area contributed by atoms with Gasteiger partial charge in [0.25, 0.3) is 5.56 Å². The van der Waals surface area contributed by atoms with E-state index in [-0.39, 0.29) is 11.4 Å². The maximum atomic E-state index is 11.7. The fourth-order valence-electron chi connectivity index (χ4n) is 1.57. The minimum Gasteiger partial charge on any atom is -0.480 e. The molecule has 0 aliphatic heterocycles. The van der Waals surface area contributed by atoms with Crippen LogP contribution in [0.2, 0.25) is 0 Å². The first-order valence-electron chi connectivity index (χ1n) is 5.44. The molecule has 0 fully saturated rings. The van der Waals surface area contributed by atoms with Gasteiger partial charge in [-0.2, -0.15) is 0 Å². The van der Waals surface area contributed by atoms with E-state index in [4.69, 9.17) is 0 Å². The van der Waals surface area contributed by atoms with Gasteiger partial charge in [-0.15, -0.1) is 0 Å². The average molecular weight is 239 g/mol. The van der Waals surface area contributed by atoms with Crippen LogP contribution in [0.1, 0.15) is 26.7 Å². The largest absolute Gasteiger partial charge is 0.480 e. The van der Waals surface area contributed by atoms with Gasteiger partial charge in [-0.3, -0.25) is 4.79 Å². The van der Waals surface area contributed by atoms with Crippen LogP contribution in [-0.4, -0.2) is 26.2 Å². The SMILES string of the molecule is CCCC(C)(Nc1nccn(C)c1=O)C(=O)O. The lowest BCUT2D eigenvalue weighted by molar-refractivity contribution is -0.142. The summed E-state index contributed by atoms with van der Waals surface area (Å²) in [6.07, 6.45) is 4.09. The van der Waals surface area contributed by atoms with E-state index in [1.165, 1.54) is 17.0 Å². The lowest BCUT2D eigenvalue weighted by Crippen LogP contribution is -2.45. The van der Waals surface area contributed by atoms with Crippen LogP contribution in [0.5, 0.6) is 0 Å². The van der Waals surface area contributed by atoms with Crippen LogP contribution in [0.15, 0.2) is 17.2 Å². The molecule has 94 valence electrons. The van der Waals surface area contributed by atoms with Gasteiger partial charge in [0.2, 0.25) is 0 Å². The summed E-state index contributed by atoms with van der Waals surface area (Å²) in [5.74, 6) is -0.930. The van der Waals surface area contributed by atoms with Gasteiger partial charge in [0.15, 0.2) is 5.82 Å². The van der Waals surface area contributed by atoms with Crippen LogP contribution in [0.25, 0.3) is 0 Å². The molecule has 0 bridgehead atoms. The molecule has 0 aromatic carbocycles. The molecule has 1 aromatic rings. The Morgan fingerprint density at radius 2 is 2.29 bits per heavy atom. The highest BCUT2D eigenvalue weighted by molar-refractivity contribution is 5.81. The molecule has 0 saturated heterocycles. The van der Waals surface area contributed by atoms with Gasteiger partial charge < -0.3 is 15.0 Å². The molecule has 0 radical (unpaired) electrons. The van der Waals surface area contributed by atoms with Gasteiger partial charge in [-0.25, -0.2) is 9.78 Å². The second-order valence-corrected chi connectivity index (χ2v) is 4.20. The summed E-state index contributed by atoms with van der Waals surface area (Å²) in [6, 6.07) is 0. The molecule has 2 N–H and O–H groups in total. The maximum Gasteiger partial charge on any atom is 0.329 e. The van der Waals surface area contributed by atoms with E-state index >= 15 is 0 Å². The number of aromatic nitrogens is 2. The third-order valence-electron chi connectivity index (χ3n) is 2.63. The Kier molecular flexibility index (Phi) is 3.88. The van der Waals surface area contributed by atoms with Gasteiger partial charge in [-0.1, -0.05) is 13.3 Å². The minimum atomic E-state index is -1.17. The maximum absolute atomic E-state index is 11.7. The van der Waals surface area contributed by atoms with Crippen molar-refractivity contribution < 1.29 is 9.90 Å². The summed E-state index contributed by atoms with van der Waals surface area (Å²) in [4.78, 5) is 26.8. The van der Waals surface area contributed by atoms with Crippen molar-refractivity contribution in [3.05, 3.63) is 22.7 Å². The van der Waals surface area contributed by atoms with Crippen LogP contribution in [-0.2, 0) is 11.8 Å². The lowest BCUT2D eigenvalue weighted by Gasteiger charge is -2.25. The Hall–Kier alpha value is -1.85.